The van der Waals surface area contributed by atoms with Crippen LogP contribution in [0.2, 0.25) is 5.02 Å². The van der Waals surface area contributed by atoms with Crippen LogP contribution in [0, 0.1) is 0 Å². The van der Waals surface area contributed by atoms with E-state index in [4.69, 9.17) is 16.3 Å². The minimum absolute atomic E-state index is 0.140. The molecule has 0 fully saturated rings. The number of ether oxygens (including phenoxy) is 1. The highest BCUT2D eigenvalue weighted by Crippen LogP contribution is 2.14. The van der Waals surface area contributed by atoms with Gasteiger partial charge < -0.3 is 15.4 Å². The molecule has 0 bridgehead atoms. The number of hydrogen-bond acceptors (Lipinski definition) is 4. The largest absolute Gasteiger partial charge is 0.463 e. The van der Waals surface area contributed by atoms with Crippen molar-refractivity contribution in [3.05, 3.63) is 65.2 Å². The zero-order valence-electron chi connectivity index (χ0n) is 13.8. The highest BCUT2D eigenvalue weighted by atomic mass is 35.5. The summed E-state index contributed by atoms with van der Waals surface area (Å²) in [5, 5.41) is 6.43. The first-order valence-corrected chi connectivity index (χ1v) is 8.19. The van der Waals surface area contributed by atoms with E-state index in [2.05, 4.69) is 10.6 Å². The van der Waals surface area contributed by atoms with Crippen molar-refractivity contribution >= 4 is 40.9 Å². The highest BCUT2D eigenvalue weighted by molar-refractivity contribution is 6.30. The Morgan fingerprint density at radius 2 is 1.68 bits per heavy atom. The minimum atomic E-state index is -0.372. The number of esters is 1. The van der Waals surface area contributed by atoms with E-state index in [0.717, 1.165) is 11.3 Å². The maximum atomic E-state index is 11.9. The molecule has 6 heteroatoms. The second-order valence-corrected chi connectivity index (χ2v) is 5.55. The molecule has 0 unspecified atom stereocenters. The Bertz CT molecular complexity index is 740. The van der Waals surface area contributed by atoms with Crippen LogP contribution >= 0.6 is 11.6 Å². The van der Waals surface area contributed by atoms with E-state index >= 15 is 0 Å². The van der Waals surface area contributed by atoms with E-state index < -0.39 is 0 Å². The fourth-order valence-corrected chi connectivity index (χ4v) is 2.11. The molecule has 130 valence electrons. The van der Waals surface area contributed by atoms with Crippen molar-refractivity contribution in [1.82, 2.24) is 0 Å². The number of nitrogens with one attached hydrogen (secondary N) is 2. The fraction of sp³-hybridized carbons (Fsp3) is 0.158. The number of carbonyl (C=O) groups excluding carboxylic acids is 2. The highest BCUT2D eigenvalue weighted by Gasteiger charge is 2.02. The van der Waals surface area contributed by atoms with Crippen molar-refractivity contribution in [2.24, 2.45) is 0 Å². The van der Waals surface area contributed by atoms with Crippen molar-refractivity contribution in [2.75, 3.05) is 23.8 Å². The van der Waals surface area contributed by atoms with E-state index in [0.29, 0.717) is 17.3 Å². The van der Waals surface area contributed by atoms with Crippen molar-refractivity contribution in [3.63, 3.8) is 0 Å². The molecule has 0 heterocycles. The van der Waals surface area contributed by atoms with Gasteiger partial charge in [0.2, 0.25) is 5.91 Å². The lowest BCUT2D eigenvalue weighted by Crippen LogP contribution is -2.21. The third-order valence-corrected chi connectivity index (χ3v) is 3.44. The normalized spacial score (nSPS) is 10.5. The van der Waals surface area contributed by atoms with Crippen LogP contribution in [-0.4, -0.2) is 25.0 Å². The van der Waals surface area contributed by atoms with Gasteiger partial charge in [-0.05, 0) is 55.0 Å². The Labute approximate surface area is 151 Å². The molecular formula is C19H19ClN2O3. The van der Waals surface area contributed by atoms with Crippen molar-refractivity contribution in [3.8, 4) is 0 Å². The molecule has 0 spiro atoms. The summed E-state index contributed by atoms with van der Waals surface area (Å²) in [6, 6.07) is 14.3. The molecule has 5 nitrogen and oxygen atoms in total. The first-order valence-electron chi connectivity index (χ1n) is 7.81. The number of carbonyl (C=O) groups is 2. The van der Waals surface area contributed by atoms with Crippen LogP contribution in [0.5, 0.6) is 0 Å². The molecule has 2 aromatic carbocycles. The zero-order valence-corrected chi connectivity index (χ0v) is 14.5. The van der Waals surface area contributed by atoms with E-state index in [1.165, 1.54) is 6.08 Å². The van der Waals surface area contributed by atoms with E-state index in [1.807, 2.05) is 24.3 Å². The Morgan fingerprint density at radius 3 is 2.32 bits per heavy atom. The Kier molecular flexibility index (Phi) is 7.04. The topological polar surface area (TPSA) is 67.4 Å². The molecule has 2 aromatic rings. The standard InChI is InChI=1S/C19H19ClN2O3/c1-2-25-19(24)12-5-14-3-8-16(9-4-14)21-13-18(23)22-17-10-6-15(20)7-11-17/h3-12,21H,2,13H2,1H3,(H,22,23)/b12-5+. The number of benzene rings is 2. The van der Waals surface area contributed by atoms with E-state index in [1.54, 1.807) is 37.3 Å². The summed E-state index contributed by atoms with van der Waals surface area (Å²) in [7, 11) is 0. The molecule has 0 atom stereocenters. The summed E-state index contributed by atoms with van der Waals surface area (Å²) in [5.41, 5.74) is 2.36. The van der Waals surface area contributed by atoms with Gasteiger partial charge in [-0.3, -0.25) is 4.79 Å². The summed E-state index contributed by atoms with van der Waals surface area (Å²) in [4.78, 5) is 23.2. The molecule has 25 heavy (non-hydrogen) atoms. The monoisotopic (exact) mass is 358 g/mol. The van der Waals surface area contributed by atoms with Crippen LogP contribution in [0.4, 0.5) is 11.4 Å². The summed E-state index contributed by atoms with van der Waals surface area (Å²) in [5.74, 6) is -0.530. The molecule has 2 N–H and O–H groups in total. The van der Waals surface area contributed by atoms with E-state index in [-0.39, 0.29) is 18.4 Å². The molecule has 0 aliphatic heterocycles. The molecule has 1 amide bonds. The van der Waals surface area contributed by atoms with Gasteiger partial charge in [0.15, 0.2) is 0 Å². The number of rotatable bonds is 7. The molecular weight excluding hydrogens is 340 g/mol. The van der Waals surface area contributed by atoms with Crippen molar-refractivity contribution in [1.29, 1.82) is 0 Å². The lowest BCUT2D eigenvalue weighted by atomic mass is 10.2. The predicted octanol–water partition coefficient (Wildman–Crippen LogP) is 3.97. The molecule has 0 saturated carbocycles. The van der Waals surface area contributed by atoms with Crippen LogP contribution in [0.1, 0.15) is 12.5 Å². The second-order valence-electron chi connectivity index (χ2n) is 5.12. The smallest absolute Gasteiger partial charge is 0.330 e. The maximum Gasteiger partial charge on any atom is 0.330 e. The average Bonchev–Trinajstić information content (AvgIpc) is 2.61. The number of anilines is 2. The molecule has 0 saturated heterocycles. The van der Waals surface area contributed by atoms with Gasteiger partial charge in [0.1, 0.15) is 0 Å². The average molecular weight is 359 g/mol. The van der Waals surface area contributed by atoms with Crippen molar-refractivity contribution < 1.29 is 14.3 Å². The quantitative estimate of drug-likeness (QED) is 0.580. The van der Waals surface area contributed by atoms with Gasteiger partial charge in [-0.15, -0.1) is 0 Å². The Balaban J connectivity index is 1.81. The summed E-state index contributed by atoms with van der Waals surface area (Å²) >= 11 is 5.80. The van der Waals surface area contributed by atoms with E-state index in [9.17, 15) is 9.59 Å². The molecule has 0 aromatic heterocycles. The van der Waals surface area contributed by atoms with Gasteiger partial charge in [0, 0.05) is 22.5 Å². The predicted molar refractivity (Wildman–Crippen MR) is 101 cm³/mol. The molecule has 0 aliphatic rings. The first kappa shape index (κ1) is 18.5. The van der Waals surface area contributed by atoms with Gasteiger partial charge in [0.25, 0.3) is 0 Å². The van der Waals surface area contributed by atoms with Crippen LogP contribution in [0.15, 0.2) is 54.6 Å². The summed E-state index contributed by atoms with van der Waals surface area (Å²) in [6.07, 6.45) is 3.06. The molecule has 0 aliphatic carbocycles. The van der Waals surface area contributed by atoms with Crippen LogP contribution in [-0.2, 0) is 14.3 Å². The number of hydrogen-bond donors (Lipinski definition) is 2. The third kappa shape index (κ3) is 6.69. The summed E-state index contributed by atoms with van der Waals surface area (Å²) < 4.78 is 4.82. The maximum absolute atomic E-state index is 11.9. The van der Waals surface area contributed by atoms with Gasteiger partial charge >= 0.3 is 5.97 Å². The summed E-state index contributed by atoms with van der Waals surface area (Å²) in [6.45, 7) is 2.25. The van der Waals surface area contributed by atoms with Crippen LogP contribution < -0.4 is 10.6 Å². The van der Waals surface area contributed by atoms with Crippen molar-refractivity contribution in [2.45, 2.75) is 6.92 Å². The Hall–Kier alpha value is -2.79. The molecule has 2 rings (SSSR count). The van der Waals surface area contributed by atoms with Gasteiger partial charge in [-0.2, -0.15) is 0 Å². The first-order chi connectivity index (χ1) is 12.1. The Morgan fingerprint density at radius 1 is 1.04 bits per heavy atom. The second kappa shape index (κ2) is 9.49. The van der Waals surface area contributed by atoms with Gasteiger partial charge in [-0.25, -0.2) is 4.79 Å². The zero-order chi connectivity index (χ0) is 18.1. The number of halogens is 1. The minimum Gasteiger partial charge on any atom is -0.463 e. The molecule has 0 radical (unpaired) electrons. The van der Waals surface area contributed by atoms with Crippen LogP contribution in [0.3, 0.4) is 0 Å². The van der Waals surface area contributed by atoms with Gasteiger partial charge in [-0.1, -0.05) is 23.7 Å². The number of amides is 1. The van der Waals surface area contributed by atoms with Gasteiger partial charge in [0.05, 0.1) is 13.2 Å². The van der Waals surface area contributed by atoms with Crippen LogP contribution in [0.25, 0.3) is 6.08 Å². The fourth-order valence-electron chi connectivity index (χ4n) is 1.99. The SMILES string of the molecule is CCOC(=O)/C=C/c1ccc(NCC(=O)Nc2ccc(Cl)cc2)cc1. The third-order valence-electron chi connectivity index (χ3n) is 3.19. The lowest BCUT2D eigenvalue weighted by Gasteiger charge is -2.08. The lowest BCUT2D eigenvalue weighted by molar-refractivity contribution is -0.137.